The van der Waals surface area contributed by atoms with Gasteiger partial charge in [0.1, 0.15) is 5.69 Å². The lowest BCUT2D eigenvalue weighted by Crippen LogP contribution is -2.12. The maximum Gasteiger partial charge on any atom is 0.184 e. The molecule has 1 saturated carbocycles. The number of aromatic nitrogens is 2. The monoisotopic (exact) mass is 210 g/mol. The van der Waals surface area contributed by atoms with E-state index in [0.29, 0.717) is 18.0 Å². The predicted octanol–water partition coefficient (Wildman–Crippen LogP) is 2.69. The first-order chi connectivity index (χ1) is 6.86. The summed E-state index contributed by atoms with van der Waals surface area (Å²) in [5.74, 6) is 0.767. The van der Waals surface area contributed by atoms with Crippen molar-refractivity contribution in [3.8, 4) is 0 Å². The molecule has 0 radical (unpaired) electrons. The number of carbonyl (C=O) groups excluding carboxylic acids is 1. The predicted molar refractivity (Wildman–Crippen MR) is 55.4 cm³/mol. The Balaban J connectivity index is 1.87. The maximum absolute atomic E-state index is 11.7. The van der Waals surface area contributed by atoms with Crippen molar-refractivity contribution in [3.05, 3.63) is 11.1 Å². The summed E-state index contributed by atoms with van der Waals surface area (Å²) in [6, 6.07) is 0. The van der Waals surface area contributed by atoms with Crippen LogP contribution in [-0.2, 0) is 0 Å². The van der Waals surface area contributed by atoms with Crippen LogP contribution in [0.2, 0.25) is 0 Å². The van der Waals surface area contributed by atoms with Crippen LogP contribution in [0, 0.1) is 5.92 Å². The zero-order valence-electron chi connectivity index (χ0n) is 8.11. The summed E-state index contributed by atoms with van der Waals surface area (Å²) >= 11 is 1.25. The minimum Gasteiger partial charge on any atom is -0.292 e. The summed E-state index contributed by atoms with van der Waals surface area (Å²) in [5.41, 5.74) is 0.556. The second-order valence-corrected chi connectivity index (χ2v) is 4.53. The lowest BCUT2D eigenvalue weighted by molar-refractivity contribution is 0.0945. The minimum absolute atomic E-state index is 0.172. The van der Waals surface area contributed by atoms with Crippen LogP contribution in [0.25, 0.3) is 0 Å². The fourth-order valence-corrected chi connectivity index (χ4v) is 2.50. The number of ketones is 1. The highest BCUT2D eigenvalue weighted by molar-refractivity contribution is 7.03. The van der Waals surface area contributed by atoms with E-state index in [1.54, 1.807) is 5.38 Å². The lowest BCUT2D eigenvalue weighted by Gasteiger charge is -2.19. The Morgan fingerprint density at radius 1 is 1.43 bits per heavy atom. The first-order valence-corrected chi connectivity index (χ1v) is 6.00. The molecular formula is C10H14N2OS. The number of rotatable bonds is 3. The van der Waals surface area contributed by atoms with Gasteiger partial charge >= 0.3 is 0 Å². The number of Topliss-reactive ketones (excluding diaryl/α,β-unsaturated/α-hetero) is 1. The molecule has 1 aromatic rings. The van der Waals surface area contributed by atoms with Gasteiger partial charge in [-0.25, -0.2) is 0 Å². The van der Waals surface area contributed by atoms with Gasteiger partial charge < -0.3 is 0 Å². The Labute approximate surface area is 87.7 Å². The molecule has 0 spiro atoms. The summed E-state index contributed by atoms with van der Waals surface area (Å²) in [4.78, 5) is 11.7. The van der Waals surface area contributed by atoms with Gasteiger partial charge in [-0.2, -0.15) is 0 Å². The van der Waals surface area contributed by atoms with Crippen LogP contribution >= 0.6 is 11.5 Å². The summed E-state index contributed by atoms with van der Waals surface area (Å²) in [5, 5.41) is 5.54. The number of hydrogen-bond donors (Lipinski definition) is 0. The molecule has 1 aliphatic carbocycles. The molecule has 4 heteroatoms. The van der Waals surface area contributed by atoms with Crippen molar-refractivity contribution >= 4 is 17.3 Å². The van der Waals surface area contributed by atoms with Crippen molar-refractivity contribution in [2.24, 2.45) is 5.92 Å². The average molecular weight is 210 g/mol. The van der Waals surface area contributed by atoms with E-state index in [1.807, 2.05) is 0 Å². The highest BCUT2D eigenvalue weighted by Crippen LogP contribution is 2.27. The molecule has 1 fully saturated rings. The van der Waals surface area contributed by atoms with Crippen LogP contribution in [0.1, 0.15) is 49.0 Å². The molecule has 1 heterocycles. The molecule has 2 rings (SSSR count). The zero-order valence-corrected chi connectivity index (χ0v) is 8.92. The van der Waals surface area contributed by atoms with Crippen molar-refractivity contribution < 1.29 is 4.79 Å². The van der Waals surface area contributed by atoms with Crippen molar-refractivity contribution in [2.75, 3.05) is 0 Å². The zero-order chi connectivity index (χ0) is 9.80. The number of hydrogen-bond acceptors (Lipinski definition) is 4. The summed E-state index contributed by atoms with van der Waals surface area (Å²) in [7, 11) is 0. The van der Waals surface area contributed by atoms with Crippen LogP contribution in [0.5, 0.6) is 0 Å². The van der Waals surface area contributed by atoms with Crippen LogP contribution in [0.15, 0.2) is 5.38 Å². The van der Waals surface area contributed by atoms with Gasteiger partial charge in [0.25, 0.3) is 0 Å². The van der Waals surface area contributed by atoms with E-state index in [0.717, 1.165) is 0 Å². The molecule has 1 aliphatic rings. The van der Waals surface area contributed by atoms with E-state index in [1.165, 1.54) is 43.6 Å². The molecule has 3 nitrogen and oxygen atoms in total. The fourth-order valence-electron chi connectivity index (χ4n) is 2.04. The molecule has 0 aliphatic heterocycles. The highest BCUT2D eigenvalue weighted by Gasteiger charge is 2.19. The smallest absolute Gasteiger partial charge is 0.184 e. The number of nitrogens with zero attached hydrogens (tertiary/aromatic N) is 2. The summed E-state index contributed by atoms with van der Waals surface area (Å²) in [6.07, 6.45) is 7.00. The molecule has 0 amide bonds. The standard InChI is InChI=1S/C10H14N2OS/c13-10(9-7-14-12-11-9)6-8-4-2-1-3-5-8/h7-8H,1-6H2. The third-order valence-corrected chi connectivity index (χ3v) is 3.35. The molecule has 0 aromatic carbocycles. The van der Waals surface area contributed by atoms with Gasteiger partial charge in [0.05, 0.1) is 0 Å². The topological polar surface area (TPSA) is 42.9 Å². The number of carbonyl (C=O) groups is 1. The van der Waals surface area contributed by atoms with Crippen LogP contribution in [-0.4, -0.2) is 15.4 Å². The Morgan fingerprint density at radius 2 is 2.21 bits per heavy atom. The summed E-state index contributed by atoms with van der Waals surface area (Å²) in [6.45, 7) is 0. The van der Waals surface area contributed by atoms with E-state index in [2.05, 4.69) is 9.59 Å². The first-order valence-electron chi connectivity index (χ1n) is 5.16. The quantitative estimate of drug-likeness (QED) is 0.720. The molecule has 14 heavy (non-hydrogen) atoms. The van der Waals surface area contributed by atoms with Crippen molar-refractivity contribution in [1.82, 2.24) is 9.59 Å². The van der Waals surface area contributed by atoms with Crippen LogP contribution in [0.4, 0.5) is 0 Å². The van der Waals surface area contributed by atoms with E-state index >= 15 is 0 Å². The van der Waals surface area contributed by atoms with E-state index in [-0.39, 0.29) is 5.78 Å². The second-order valence-electron chi connectivity index (χ2n) is 3.92. The van der Waals surface area contributed by atoms with Gasteiger partial charge in [-0.1, -0.05) is 36.6 Å². The van der Waals surface area contributed by atoms with Crippen LogP contribution < -0.4 is 0 Å². The molecule has 0 bridgehead atoms. The second kappa shape index (κ2) is 4.64. The van der Waals surface area contributed by atoms with E-state index < -0.39 is 0 Å². The molecular weight excluding hydrogens is 196 g/mol. The Kier molecular flexibility index (Phi) is 3.24. The van der Waals surface area contributed by atoms with Gasteiger partial charge in [-0.3, -0.25) is 4.79 Å². The van der Waals surface area contributed by atoms with Crippen molar-refractivity contribution in [1.29, 1.82) is 0 Å². The highest BCUT2D eigenvalue weighted by atomic mass is 32.1. The molecule has 0 unspecified atom stereocenters. The Bertz CT molecular complexity index is 291. The van der Waals surface area contributed by atoms with Gasteiger partial charge in [0, 0.05) is 11.8 Å². The largest absolute Gasteiger partial charge is 0.292 e. The normalized spacial score (nSPS) is 18.3. The Hall–Kier alpha value is -0.770. The minimum atomic E-state index is 0.172. The van der Waals surface area contributed by atoms with Crippen molar-refractivity contribution in [3.63, 3.8) is 0 Å². The molecule has 76 valence electrons. The third-order valence-electron chi connectivity index (χ3n) is 2.84. The first kappa shape index (κ1) is 9.77. The summed E-state index contributed by atoms with van der Waals surface area (Å²) < 4.78 is 3.71. The molecule has 1 aromatic heterocycles. The van der Waals surface area contributed by atoms with Crippen molar-refractivity contribution in [2.45, 2.75) is 38.5 Å². The lowest BCUT2D eigenvalue weighted by atomic mass is 9.85. The molecule has 0 saturated heterocycles. The van der Waals surface area contributed by atoms with E-state index in [9.17, 15) is 4.79 Å². The van der Waals surface area contributed by atoms with Gasteiger partial charge in [0.15, 0.2) is 5.78 Å². The van der Waals surface area contributed by atoms with Crippen LogP contribution in [0.3, 0.4) is 0 Å². The van der Waals surface area contributed by atoms with Gasteiger partial charge in [-0.05, 0) is 17.5 Å². The molecule has 0 atom stereocenters. The molecule has 0 N–H and O–H groups in total. The third kappa shape index (κ3) is 2.38. The maximum atomic E-state index is 11.7. The van der Waals surface area contributed by atoms with Gasteiger partial charge in [0.2, 0.25) is 0 Å². The average Bonchev–Trinajstić information content (AvgIpc) is 2.72. The Morgan fingerprint density at radius 3 is 2.86 bits per heavy atom. The fraction of sp³-hybridized carbons (Fsp3) is 0.700. The van der Waals surface area contributed by atoms with Gasteiger partial charge in [-0.15, -0.1) is 5.10 Å². The SMILES string of the molecule is O=C(CC1CCCCC1)c1csnn1. The van der Waals surface area contributed by atoms with E-state index in [4.69, 9.17) is 0 Å².